The first-order valence-corrected chi connectivity index (χ1v) is 12.4. The van der Waals surface area contributed by atoms with E-state index in [1.165, 1.54) is 12.1 Å². The third kappa shape index (κ3) is 5.25. The Morgan fingerprint density at radius 3 is 2.56 bits per heavy atom. The zero-order chi connectivity index (χ0) is 27.7. The number of hydrogen-bond acceptors (Lipinski definition) is 8. The lowest BCUT2D eigenvalue weighted by molar-refractivity contribution is 0.0988. The fourth-order valence-electron chi connectivity index (χ4n) is 5.12. The number of nitrogens with two attached hydrogens (primary N) is 1. The molecule has 1 aliphatic heterocycles. The Bertz CT molecular complexity index is 1480. The van der Waals surface area contributed by atoms with Crippen molar-refractivity contribution in [1.82, 2.24) is 25.0 Å². The fraction of sp³-hybridized carbons (Fsp3) is 0.296. The summed E-state index contributed by atoms with van der Waals surface area (Å²) in [5.74, 6) is -3.31. The monoisotopic (exact) mass is 537 g/mol. The van der Waals surface area contributed by atoms with Gasteiger partial charge >= 0.3 is 0 Å². The summed E-state index contributed by atoms with van der Waals surface area (Å²) in [5.41, 5.74) is 7.05. The minimum absolute atomic E-state index is 0.0516. The average Bonchev–Trinajstić information content (AvgIpc) is 3.38. The van der Waals surface area contributed by atoms with Crippen LogP contribution in [0, 0.1) is 23.4 Å². The molecule has 1 aromatic carbocycles. The number of ketones is 1. The van der Waals surface area contributed by atoms with E-state index in [9.17, 15) is 23.1 Å². The SMILES string of the molecule is C[C@H]1CN(c2ccncc2CC(=O)c2ccc(F)c(-c3c(F)cccc3F)n2)C[C@@H](N)[C@H]1n1cc(CO)nn1. The molecule has 1 aliphatic rings. The van der Waals surface area contributed by atoms with Crippen molar-refractivity contribution >= 4 is 11.5 Å². The van der Waals surface area contributed by atoms with E-state index >= 15 is 0 Å². The molecule has 4 heterocycles. The molecule has 1 fully saturated rings. The van der Waals surface area contributed by atoms with Crippen LogP contribution in [0.5, 0.6) is 0 Å². The second-order valence-corrected chi connectivity index (χ2v) is 9.61. The maximum absolute atomic E-state index is 14.5. The molecule has 0 aliphatic carbocycles. The van der Waals surface area contributed by atoms with Gasteiger partial charge in [0.1, 0.15) is 34.5 Å². The number of nitrogens with zero attached hydrogens (tertiary/aromatic N) is 6. The van der Waals surface area contributed by atoms with Crippen molar-refractivity contribution in [2.24, 2.45) is 11.7 Å². The number of Topliss-reactive ketones (excluding diaryl/α,β-unsaturated/α-hetero) is 1. The molecule has 3 atom stereocenters. The summed E-state index contributed by atoms with van der Waals surface area (Å²) < 4.78 is 44.8. The van der Waals surface area contributed by atoms with Crippen molar-refractivity contribution in [2.75, 3.05) is 18.0 Å². The van der Waals surface area contributed by atoms with Gasteiger partial charge in [0.2, 0.25) is 0 Å². The molecule has 0 saturated carbocycles. The van der Waals surface area contributed by atoms with Crippen LogP contribution in [0.4, 0.5) is 18.9 Å². The number of pyridine rings is 2. The smallest absolute Gasteiger partial charge is 0.185 e. The highest BCUT2D eigenvalue weighted by Crippen LogP contribution is 2.32. The molecule has 12 heteroatoms. The molecular formula is C27H26F3N7O2. The number of benzene rings is 1. The Balaban J connectivity index is 1.38. The largest absolute Gasteiger partial charge is 0.390 e. The average molecular weight is 538 g/mol. The van der Waals surface area contributed by atoms with Gasteiger partial charge in [0.15, 0.2) is 5.78 Å². The highest BCUT2D eigenvalue weighted by Gasteiger charge is 2.35. The normalized spacial score (nSPS) is 19.3. The third-order valence-electron chi connectivity index (χ3n) is 6.89. The van der Waals surface area contributed by atoms with E-state index in [0.29, 0.717) is 24.3 Å². The van der Waals surface area contributed by atoms with Crippen molar-refractivity contribution in [1.29, 1.82) is 0 Å². The van der Waals surface area contributed by atoms with Crippen LogP contribution in [0.2, 0.25) is 0 Å². The number of carbonyl (C=O) groups excluding carboxylic acids is 1. The summed E-state index contributed by atoms with van der Waals surface area (Å²) in [4.78, 5) is 23.4. The van der Waals surface area contributed by atoms with Gasteiger partial charge in [-0.3, -0.25) is 9.78 Å². The molecule has 0 radical (unpaired) electrons. The van der Waals surface area contributed by atoms with E-state index in [1.54, 1.807) is 29.3 Å². The number of aliphatic hydroxyl groups excluding tert-OH is 1. The quantitative estimate of drug-likeness (QED) is 0.345. The molecule has 39 heavy (non-hydrogen) atoms. The Kier molecular flexibility index (Phi) is 7.40. The number of halogens is 3. The van der Waals surface area contributed by atoms with Crippen molar-refractivity contribution in [3.63, 3.8) is 0 Å². The van der Waals surface area contributed by atoms with Gasteiger partial charge in [-0.1, -0.05) is 18.2 Å². The van der Waals surface area contributed by atoms with Crippen molar-refractivity contribution in [2.45, 2.75) is 32.0 Å². The van der Waals surface area contributed by atoms with Gasteiger partial charge in [0.05, 0.1) is 24.4 Å². The summed E-state index contributed by atoms with van der Waals surface area (Å²) in [6, 6.07) is 6.66. The molecule has 5 rings (SSSR count). The van der Waals surface area contributed by atoms with Gasteiger partial charge in [0, 0.05) is 49.2 Å². The predicted octanol–water partition coefficient (Wildman–Crippen LogP) is 3.09. The number of rotatable bonds is 7. The van der Waals surface area contributed by atoms with E-state index in [-0.39, 0.29) is 36.7 Å². The van der Waals surface area contributed by atoms with Crippen LogP contribution in [-0.4, -0.2) is 55.0 Å². The molecule has 0 spiro atoms. The zero-order valence-corrected chi connectivity index (χ0v) is 21.0. The van der Waals surface area contributed by atoms with Crippen LogP contribution in [-0.2, 0) is 13.0 Å². The first-order chi connectivity index (χ1) is 18.8. The topological polar surface area (TPSA) is 123 Å². The van der Waals surface area contributed by atoms with Gasteiger partial charge in [-0.05, 0) is 36.2 Å². The minimum atomic E-state index is -0.979. The number of aliphatic hydroxyl groups is 1. The Morgan fingerprint density at radius 1 is 1.10 bits per heavy atom. The molecule has 1 saturated heterocycles. The molecular weight excluding hydrogens is 511 g/mol. The molecule has 0 bridgehead atoms. The maximum Gasteiger partial charge on any atom is 0.185 e. The van der Waals surface area contributed by atoms with E-state index in [2.05, 4.69) is 25.2 Å². The summed E-state index contributed by atoms with van der Waals surface area (Å²) in [6.07, 6.45) is 4.75. The first kappa shape index (κ1) is 26.4. The number of hydrogen-bond donors (Lipinski definition) is 2. The first-order valence-electron chi connectivity index (χ1n) is 12.4. The van der Waals surface area contributed by atoms with Crippen molar-refractivity contribution in [3.8, 4) is 11.3 Å². The van der Waals surface area contributed by atoms with Gasteiger partial charge in [-0.25, -0.2) is 22.8 Å². The van der Waals surface area contributed by atoms with Crippen LogP contribution in [0.3, 0.4) is 0 Å². The van der Waals surface area contributed by atoms with E-state index < -0.39 is 34.5 Å². The number of aromatic nitrogens is 5. The minimum Gasteiger partial charge on any atom is -0.390 e. The lowest BCUT2D eigenvalue weighted by atomic mass is 9.89. The Hall–Kier alpha value is -4.16. The van der Waals surface area contributed by atoms with Crippen molar-refractivity contribution < 1.29 is 23.1 Å². The van der Waals surface area contributed by atoms with E-state index in [0.717, 1.165) is 23.9 Å². The Labute approximate surface area is 222 Å². The highest BCUT2D eigenvalue weighted by molar-refractivity contribution is 5.97. The zero-order valence-electron chi connectivity index (χ0n) is 21.0. The summed E-state index contributed by atoms with van der Waals surface area (Å²) in [7, 11) is 0. The van der Waals surface area contributed by atoms with Gasteiger partial charge in [0.25, 0.3) is 0 Å². The molecule has 202 valence electrons. The lowest BCUT2D eigenvalue weighted by Crippen LogP contribution is -2.53. The number of piperidine rings is 1. The second kappa shape index (κ2) is 10.9. The molecule has 0 amide bonds. The molecule has 0 unspecified atom stereocenters. The van der Waals surface area contributed by atoms with Crippen LogP contribution in [0.15, 0.2) is 55.0 Å². The number of carbonyl (C=O) groups is 1. The standard InChI is InChI=1S/C27H26F3N7O2/c1-15-11-36(13-21(31)27(15)37-12-17(14-38)34-35-37)23-7-8-32-10-16(23)9-24(39)22-6-5-20(30)26(33-22)25-18(28)3-2-4-19(25)29/h2-8,10,12,15,21,27,38H,9,11,13-14,31H2,1H3/t15-,21+,27-/m0/s1. The van der Waals surface area contributed by atoms with Gasteiger partial charge in [-0.2, -0.15) is 0 Å². The van der Waals surface area contributed by atoms with Crippen LogP contribution >= 0.6 is 0 Å². The van der Waals surface area contributed by atoms with Crippen molar-refractivity contribution in [3.05, 3.63) is 89.4 Å². The predicted molar refractivity (Wildman–Crippen MR) is 136 cm³/mol. The highest BCUT2D eigenvalue weighted by atomic mass is 19.1. The lowest BCUT2D eigenvalue weighted by Gasteiger charge is -2.42. The van der Waals surface area contributed by atoms with E-state index in [1.807, 2.05) is 6.92 Å². The molecule has 3 N–H and O–H groups in total. The second-order valence-electron chi connectivity index (χ2n) is 9.61. The fourth-order valence-corrected chi connectivity index (χ4v) is 5.12. The Morgan fingerprint density at radius 2 is 1.87 bits per heavy atom. The van der Waals surface area contributed by atoms with Crippen LogP contribution in [0.25, 0.3) is 11.3 Å². The van der Waals surface area contributed by atoms with E-state index in [4.69, 9.17) is 5.73 Å². The van der Waals surface area contributed by atoms with Crippen LogP contribution < -0.4 is 10.6 Å². The molecule has 3 aromatic heterocycles. The van der Waals surface area contributed by atoms with Gasteiger partial charge < -0.3 is 15.7 Å². The summed E-state index contributed by atoms with van der Waals surface area (Å²) in [6.45, 7) is 2.88. The van der Waals surface area contributed by atoms with Crippen LogP contribution in [0.1, 0.15) is 34.7 Å². The van der Waals surface area contributed by atoms with Gasteiger partial charge in [-0.15, -0.1) is 5.10 Å². The molecule has 9 nitrogen and oxygen atoms in total. The maximum atomic E-state index is 14.5. The number of anilines is 1. The summed E-state index contributed by atoms with van der Waals surface area (Å²) >= 11 is 0. The molecule has 4 aromatic rings. The third-order valence-corrected chi connectivity index (χ3v) is 6.89. The summed E-state index contributed by atoms with van der Waals surface area (Å²) in [5, 5.41) is 17.4.